The predicted molar refractivity (Wildman–Crippen MR) is 81.9 cm³/mol. The van der Waals surface area contributed by atoms with Crippen LogP contribution >= 0.6 is 23.5 Å². The van der Waals surface area contributed by atoms with Crippen LogP contribution < -0.4 is 0 Å². The van der Waals surface area contributed by atoms with Gasteiger partial charge in [-0.3, -0.25) is 0 Å². The summed E-state index contributed by atoms with van der Waals surface area (Å²) in [5, 5.41) is 0. The zero-order valence-electron chi connectivity index (χ0n) is 10.7. The smallest absolute Gasteiger partial charge is 0.207 e. The average Bonchev–Trinajstić information content (AvgIpc) is 2.47. The van der Waals surface area contributed by atoms with Crippen molar-refractivity contribution in [2.45, 2.75) is 19.6 Å². The summed E-state index contributed by atoms with van der Waals surface area (Å²) in [6.07, 6.45) is 3.85. The molecule has 0 unspecified atom stereocenters. The van der Waals surface area contributed by atoms with Crippen LogP contribution in [0.4, 0.5) is 0 Å². The normalized spacial score (nSPS) is 11.5. The summed E-state index contributed by atoms with van der Waals surface area (Å²) in [5.41, 5.74) is 0. The zero-order chi connectivity index (χ0) is 13.9. The molecule has 19 heavy (non-hydrogen) atoms. The first-order valence-corrected chi connectivity index (χ1v) is 9.55. The van der Waals surface area contributed by atoms with E-state index in [4.69, 9.17) is 0 Å². The number of hydrogen-bond donors (Lipinski definition) is 0. The van der Waals surface area contributed by atoms with Crippen LogP contribution in [0.15, 0.2) is 68.1 Å². The summed E-state index contributed by atoms with van der Waals surface area (Å²) in [6.45, 7) is 0. The molecule has 0 aliphatic heterocycles. The molecule has 2 aromatic rings. The van der Waals surface area contributed by atoms with Crippen LogP contribution in [0.2, 0.25) is 0 Å². The maximum atomic E-state index is 12.7. The van der Waals surface area contributed by atoms with Gasteiger partial charge in [-0.2, -0.15) is 0 Å². The van der Waals surface area contributed by atoms with Gasteiger partial charge in [-0.05, 0) is 36.8 Å². The molecule has 2 rings (SSSR count). The molecule has 0 aliphatic rings. The first kappa shape index (κ1) is 14.5. The minimum Gasteiger partial charge on any atom is -0.218 e. The lowest BCUT2D eigenvalue weighted by Crippen LogP contribution is -2.04. The standard InChI is InChI=1S/C14H14O2S3/c1-17-12-9-6-10-13(14(12)18-2)19(15,16)11-7-4-3-5-8-11/h3-10H,1-2H3. The molecule has 0 saturated heterocycles. The highest BCUT2D eigenvalue weighted by atomic mass is 32.2. The first-order valence-electron chi connectivity index (χ1n) is 5.62. The summed E-state index contributed by atoms with van der Waals surface area (Å²) < 4.78 is 25.3. The van der Waals surface area contributed by atoms with E-state index >= 15 is 0 Å². The highest BCUT2D eigenvalue weighted by molar-refractivity contribution is 8.02. The molecule has 0 spiro atoms. The molecule has 100 valence electrons. The molecule has 0 atom stereocenters. The monoisotopic (exact) mass is 310 g/mol. The Balaban J connectivity index is 2.65. The van der Waals surface area contributed by atoms with Crippen LogP contribution in [0, 0.1) is 0 Å². The Kier molecular flexibility index (Phi) is 4.60. The van der Waals surface area contributed by atoms with Gasteiger partial charge in [0.25, 0.3) is 0 Å². The number of thioether (sulfide) groups is 2. The van der Waals surface area contributed by atoms with Gasteiger partial charge < -0.3 is 0 Å². The zero-order valence-corrected chi connectivity index (χ0v) is 13.1. The van der Waals surface area contributed by atoms with Crippen molar-refractivity contribution in [2.75, 3.05) is 12.5 Å². The number of hydrogen-bond acceptors (Lipinski definition) is 4. The first-order chi connectivity index (χ1) is 9.11. The molecule has 0 bridgehead atoms. The van der Waals surface area contributed by atoms with E-state index in [1.165, 1.54) is 11.8 Å². The van der Waals surface area contributed by atoms with Crippen LogP contribution in [0.3, 0.4) is 0 Å². The minimum absolute atomic E-state index is 0.337. The van der Waals surface area contributed by atoms with Gasteiger partial charge in [-0.15, -0.1) is 23.5 Å². The second kappa shape index (κ2) is 6.03. The molecular formula is C14H14O2S3. The van der Waals surface area contributed by atoms with Crippen molar-refractivity contribution >= 4 is 33.4 Å². The molecule has 2 nitrogen and oxygen atoms in total. The van der Waals surface area contributed by atoms with Crippen molar-refractivity contribution in [3.05, 3.63) is 48.5 Å². The summed E-state index contributed by atoms with van der Waals surface area (Å²) in [7, 11) is -3.45. The third-order valence-corrected chi connectivity index (χ3v) is 6.41. The third kappa shape index (κ3) is 2.83. The second-order valence-electron chi connectivity index (χ2n) is 3.81. The van der Waals surface area contributed by atoms with E-state index in [1.54, 1.807) is 48.2 Å². The van der Waals surface area contributed by atoms with Crippen LogP contribution in [-0.2, 0) is 9.84 Å². The largest absolute Gasteiger partial charge is 0.218 e. The molecular weight excluding hydrogens is 296 g/mol. The van der Waals surface area contributed by atoms with Crippen molar-refractivity contribution in [3.63, 3.8) is 0 Å². The van der Waals surface area contributed by atoms with Gasteiger partial charge in [0.2, 0.25) is 9.84 Å². The number of rotatable bonds is 4. The summed E-state index contributed by atoms with van der Waals surface area (Å²) >= 11 is 3.03. The number of benzene rings is 2. The fraction of sp³-hybridized carbons (Fsp3) is 0.143. The van der Waals surface area contributed by atoms with Crippen molar-refractivity contribution in [2.24, 2.45) is 0 Å². The molecule has 0 aliphatic carbocycles. The molecule has 2 aromatic carbocycles. The van der Waals surface area contributed by atoms with Gasteiger partial charge in [0.05, 0.1) is 9.79 Å². The van der Waals surface area contributed by atoms with E-state index < -0.39 is 9.84 Å². The lowest BCUT2D eigenvalue weighted by Gasteiger charge is -2.12. The molecule has 0 N–H and O–H groups in total. The third-order valence-electron chi connectivity index (χ3n) is 2.71. The molecule has 5 heteroatoms. The Morgan fingerprint density at radius 3 is 2.11 bits per heavy atom. The molecule has 0 aromatic heterocycles. The van der Waals surface area contributed by atoms with Gasteiger partial charge in [0.15, 0.2) is 0 Å². The van der Waals surface area contributed by atoms with Crippen molar-refractivity contribution in [1.82, 2.24) is 0 Å². The molecule has 0 saturated carbocycles. The molecule has 0 fully saturated rings. The Labute approximate surface area is 122 Å². The van der Waals surface area contributed by atoms with Gasteiger partial charge in [-0.1, -0.05) is 24.3 Å². The fourth-order valence-electron chi connectivity index (χ4n) is 1.80. The Morgan fingerprint density at radius 1 is 0.842 bits per heavy atom. The maximum Gasteiger partial charge on any atom is 0.207 e. The molecule has 0 radical (unpaired) electrons. The topological polar surface area (TPSA) is 34.1 Å². The Bertz CT molecular complexity index is 664. The second-order valence-corrected chi connectivity index (χ2v) is 7.39. The highest BCUT2D eigenvalue weighted by Crippen LogP contribution is 2.36. The van der Waals surface area contributed by atoms with Crippen LogP contribution in [0.1, 0.15) is 0 Å². The van der Waals surface area contributed by atoms with Crippen molar-refractivity contribution < 1.29 is 8.42 Å². The van der Waals surface area contributed by atoms with E-state index in [0.29, 0.717) is 9.79 Å². The SMILES string of the molecule is CSc1cccc(S(=O)(=O)c2ccccc2)c1SC. The van der Waals surface area contributed by atoms with Crippen LogP contribution in [0.5, 0.6) is 0 Å². The van der Waals surface area contributed by atoms with Crippen molar-refractivity contribution in [1.29, 1.82) is 0 Å². The molecule has 0 amide bonds. The fourth-order valence-corrected chi connectivity index (χ4v) is 5.37. The van der Waals surface area contributed by atoms with Crippen LogP contribution in [0.25, 0.3) is 0 Å². The van der Waals surface area contributed by atoms with Crippen molar-refractivity contribution in [3.8, 4) is 0 Å². The lowest BCUT2D eigenvalue weighted by molar-refractivity contribution is 0.593. The lowest BCUT2D eigenvalue weighted by atomic mass is 10.4. The summed E-state index contributed by atoms with van der Waals surface area (Å²) in [6, 6.07) is 14.0. The molecule has 0 heterocycles. The highest BCUT2D eigenvalue weighted by Gasteiger charge is 2.22. The van der Waals surface area contributed by atoms with Gasteiger partial charge in [0, 0.05) is 9.79 Å². The van der Waals surface area contributed by atoms with E-state index in [2.05, 4.69) is 0 Å². The summed E-state index contributed by atoms with van der Waals surface area (Å²) in [5.74, 6) is 0. The maximum absolute atomic E-state index is 12.7. The Morgan fingerprint density at radius 2 is 1.53 bits per heavy atom. The van der Waals surface area contributed by atoms with Crippen LogP contribution in [-0.4, -0.2) is 20.9 Å². The minimum atomic E-state index is -3.45. The number of sulfone groups is 1. The predicted octanol–water partition coefficient (Wildman–Crippen LogP) is 3.96. The van der Waals surface area contributed by atoms with Gasteiger partial charge >= 0.3 is 0 Å². The quantitative estimate of drug-likeness (QED) is 0.800. The van der Waals surface area contributed by atoms with E-state index in [0.717, 1.165) is 9.79 Å². The van der Waals surface area contributed by atoms with E-state index in [9.17, 15) is 8.42 Å². The van der Waals surface area contributed by atoms with Gasteiger partial charge in [0.1, 0.15) is 0 Å². The Hall–Kier alpha value is -0.910. The average molecular weight is 310 g/mol. The van der Waals surface area contributed by atoms with E-state index in [1.807, 2.05) is 24.6 Å². The van der Waals surface area contributed by atoms with E-state index in [-0.39, 0.29) is 0 Å². The summed E-state index contributed by atoms with van der Waals surface area (Å²) in [4.78, 5) is 2.53. The van der Waals surface area contributed by atoms with Gasteiger partial charge in [-0.25, -0.2) is 8.42 Å².